The van der Waals surface area contributed by atoms with Crippen LogP contribution in [-0.2, 0) is 6.42 Å². The van der Waals surface area contributed by atoms with Crippen molar-refractivity contribution in [1.29, 1.82) is 0 Å². The average Bonchev–Trinajstić information content (AvgIpc) is 2.27. The Labute approximate surface area is 120 Å². The Hall–Kier alpha value is -0.340. The molecular weight excluding hydrogens is 286 g/mol. The van der Waals surface area contributed by atoms with Gasteiger partial charge in [0.15, 0.2) is 0 Å². The molecule has 102 valence electrons. The lowest BCUT2D eigenvalue weighted by molar-refractivity contribution is 0.361. The van der Waals surface area contributed by atoms with Gasteiger partial charge >= 0.3 is 0 Å². The molecule has 2 heteroatoms. The summed E-state index contributed by atoms with van der Waals surface area (Å²) in [5.41, 5.74) is 1.40. The monoisotopic (exact) mass is 311 g/mol. The molecule has 1 N–H and O–H groups in total. The molecule has 0 aromatic heterocycles. The first-order chi connectivity index (χ1) is 8.51. The van der Waals surface area contributed by atoms with E-state index in [1.165, 1.54) is 22.9 Å². The fourth-order valence-corrected chi connectivity index (χ4v) is 3.09. The number of halogens is 1. The SMILES string of the molecule is CNC(Cc1cccc(Br)c1)CC(C)CC(C)C. The van der Waals surface area contributed by atoms with Gasteiger partial charge in [-0.05, 0) is 55.8 Å². The van der Waals surface area contributed by atoms with Crippen LogP contribution in [0.25, 0.3) is 0 Å². The minimum Gasteiger partial charge on any atom is -0.317 e. The van der Waals surface area contributed by atoms with Gasteiger partial charge in [-0.25, -0.2) is 0 Å². The topological polar surface area (TPSA) is 12.0 Å². The highest BCUT2D eigenvalue weighted by Crippen LogP contribution is 2.19. The molecule has 1 rings (SSSR count). The molecule has 0 aliphatic heterocycles. The molecule has 1 nitrogen and oxygen atoms in total. The van der Waals surface area contributed by atoms with E-state index in [4.69, 9.17) is 0 Å². The van der Waals surface area contributed by atoms with Crippen LogP contribution in [0.2, 0.25) is 0 Å². The first-order valence-corrected chi connectivity index (χ1v) is 7.72. The Kier molecular flexibility index (Phi) is 6.95. The van der Waals surface area contributed by atoms with Crippen LogP contribution < -0.4 is 5.32 Å². The van der Waals surface area contributed by atoms with Gasteiger partial charge in [0.1, 0.15) is 0 Å². The molecule has 2 atom stereocenters. The summed E-state index contributed by atoms with van der Waals surface area (Å²) in [6.45, 7) is 6.98. The molecule has 0 heterocycles. The zero-order valence-electron chi connectivity index (χ0n) is 12.0. The van der Waals surface area contributed by atoms with Crippen molar-refractivity contribution in [1.82, 2.24) is 5.32 Å². The van der Waals surface area contributed by atoms with Crippen molar-refractivity contribution < 1.29 is 0 Å². The smallest absolute Gasteiger partial charge is 0.0178 e. The lowest BCUT2D eigenvalue weighted by Gasteiger charge is -2.22. The quantitative estimate of drug-likeness (QED) is 0.772. The summed E-state index contributed by atoms with van der Waals surface area (Å²) in [5.74, 6) is 1.58. The predicted molar refractivity (Wildman–Crippen MR) is 83.9 cm³/mol. The van der Waals surface area contributed by atoms with Gasteiger partial charge in [0.25, 0.3) is 0 Å². The third-order valence-electron chi connectivity index (χ3n) is 3.34. The summed E-state index contributed by atoms with van der Waals surface area (Å²) in [6.07, 6.45) is 3.68. The van der Waals surface area contributed by atoms with E-state index >= 15 is 0 Å². The Morgan fingerprint density at radius 3 is 2.44 bits per heavy atom. The number of hydrogen-bond donors (Lipinski definition) is 1. The minimum atomic E-state index is 0.577. The second-order valence-corrected chi connectivity index (χ2v) is 6.71. The molecule has 2 unspecified atom stereocenters. The molecule has 1 aromatic carbocycles. The molecule has 0 aliphatic carbocycles. The van der Waals surface area contributed by atoms with E-state index in [1.807, 2.05) is 0 Å². The predicted octanol–water partition coefficient (Wildman–Crippen LogP) is 4.65. The largest absolute Gasteiger partial charge is 0.317 e. The maximum Gasteiger partial charge on any atom is 0.0178 e. The average molecular weight is 312 g/mol. The molecule has 1 aromatic rings. The summed E-state index contributed by atoms with van der Waals surface area (Å²) < 4.78 is 1.17. The van der Waals surface area contributed by atoms with Gasteiger partial charge in [-0.3, -0.25) is 0 Å². The van der Waals surface area contributed by atoms with Crippen molar-refractivity contribution in [2.45, 2.75) is 46.1 Å². The van der Waals surface area contributed by atoms with E-state index in [9.17, 15) is 0 Å². The van der Waals surface area contributed by atoms with Gasteiger partial charge in [0, 0.05) is 10.5 Å². The van der Waals surface area contributed by atoms with E-state index in [-0.39, 0.29) is 0 Å². The summed E-state index contributed by atoms with van der Waals surface area (Å²) >= 11 is 3.54. The van der Waals surface area contributed by atoms with Crippen LogP contribution >= 0.6 is 15.9 Å². The first kappa shape index (κ1) is 15.7. The summed E-state index contributed by atoms with van der Waals surface area (Å²) in [6, 6.07) is 9.20. The van der Waals surface area contributed by atoms with Crippen LogP contribution in [0.15, 0.2) is 28.7 Å². The van der Waals surface area contributed by atoms with Crippen molar-refractivity contribution in [2.24, 2.45) is 11.8 Å². The molecule has 18 heavy (non-hydrogen) atoms. The van der Waals surface area contributed by atoms with E-state index in [0.29, 0.717) is 6.04 Å². The highest BCUT2D eigenvalue weighted by molar-refractivity contribution is 9.10. The number of benzene rings is 1. The van der Waals surface area contributed by atoms with Gasteiger partial charge in [-0.1, -0.05) is 48.8 Å². The zero-order valence-corrected chi connectivity index (χ0v) is 13.6. The highest BCUT2D eigenvalue weighted by Gasteiger charge is 2.13. The summed E-state index contributed by atoms with van der Waals surface area (Å²) in [4.78, 5) is 0. The molecule has 0 spiro atoms. The van der Waals surface area contributed by atoms with Crippen LogP contribution in [0.3, 0.4) is 0 Å². The maximum absolute atomic E-state index is 3.54. The number of rotatable bonds is 7. The fourth-order valence-electron chi connectivity index (χ4n) is 2.64. The molecule has 0 bridgehead atoms. The normalized spacial score (nSPS) is 14.8. The van der Waals surface area contributed by atoms with E-state index in [1.54, 1.807) is 0 Å². The Balaban J connectivity index is 2.51. The maximum atomic E-state index is 3.54. The summed E-state index contributed by atoms with van der Waals surface area (Å²) in [7, 11) is 2.07. The van der Waals surface area contributed by atoms with Crippen LogP contribution in [0.1, 0.15) is 39.2 Å². The first-order valence-electron chi connectivity index (χ1n) is 6.93. The second-order valence-electron chi connectivity index (χ2n) is 5.79. The van der Waals surface area contributed by atoms with Crippen LogP contribution in [0.5, 0.6) is 0 Å². The molecular formula is C16H26BrN. The highest BCUT2D eigenvalue weighted by atomic mass is 79.9. The van der Waals surface area contributed by atoms with Crippen LogP contribution in [-0.4, -0.2) is 13.1 Å². The van der Waals surface area contributed by atoms with Crippen molar-refractivity contribution in [3.05, 3.63) is 34.3 Å². The Morgan fingerprint density at radius 1 is 1.17 bits per heavy atom. The summed E-state index contributed by atoms with van der Waals surface area (Å²) in [5, 5.41) is 3.46. The van der Waals surface area contributed by atoms with Crippen molar-refractivity contribution in [2.75, 3.05) is 7.05 Å². The number of hydrogen-bond acceptors (Lipinski definition) is 1. The van der Waals surface area contributed by atoms with E-state index in [2.05, 4.69) is 73.3 Å². The van der Waals surface area contributed by atoms with Gasteiger partial charge < -0.3 is 5.32 Å². The zero-order chi connectivity index (χ0) is 13.5. The fraction of sp³-hybridized carbons (Fsp3) is 0.625. The van der Waals surface area contributed by atoms with Crippen LogP contribution in [0, 0.1) is 11.8 Å². The lowest BCUT2D eigenvalue weighted by atomic mass is 9.90. The Morgan fingerprint density at radius 2 is 1.89 bits per heavy atom. The molecule has 0 aliphatic rings. The standard InChI is InChI=1S/C16H26BrN/c1-12(2)8-13(3)9-16(18-4)11-14-6-5-7-15(17)10-14/h5-7,10,12-13,16,18H,8-9,11H2,1-4H3. The third-order valence-corrected chi connectivity index (χ3v) is 3.83. The number of nitrogens with one attached hydrogen (secondary N) is 1. The molecule has 0 saturated heterocycles. The number of likely N-dealkylation sites (N-methyl/N-ethyl adjacent to an activating group) is 1. The molecule has 0 saturated carbocycles. The van der Waals surface area contributed by atoms with Crippen molar-refractivity contribution in [3.63, 3.8) is 0 Å². The lowest BCUT2D eigenvalue weighted by Crippen LogP contribution is -2.29. The Bertz CT molecular complexity index is 349. The van der Waals surface area contributed by atoms with E-state index < -0.39 is 0 Å². The third kappa shape index (κ3) is 6.01. The minimum absolute atomic E-state index is 0.577. The van der Waals surface area contributed by atoms with Gasteiger partial charge in [-0.2, -0.15) is 0 Å². The van der Waals surface area contributed by atoms with E-state index in [0.717, 1.165) is 18.3 Å². The molecule has 0 fully saturated rings. The van der Waals surface area contributed by atoms with Gasteiger partial charge in [0.2, 0.25) is 0 Å². The molecule has 0 amide bonds. The van der Waals surface area contributed by atoms with Crippen molar-refractivity contribution in [3.8, 4) is 0 Å². The van der Waals surface area contributed by atoms with Gasteiger partial charge in [0.05, 0.1) is 0 Å². The molecule has 0 radical (unpaired) electrons. The van der Waals surface area contributed by atoms with Crippen LogP contribution in [0.4, 0.5) is 0 Å². The van der Waals surface area contributed by atoms with Gasteiger partial charge in [-0.15, -0.1) is 0 Å². The van der Waals surface area contributed by atoms with Crippen molar-refractivity contribution >= 4 is 15.9 Å². The second kappa shape index (κ2) is 7.96.